The lowest BCUT2D eigenvalue weighted by Crippen LogP contribution is -2.43. The van der Waals surface area contributed by atoms with Crippen molar-refractivity contribution in [3.05, 3.63) is 0 Å². The van der Waals surface area contributed by atoms with Gasteiger partial charge in [0.2, 0.25) is 0 Å². The van der Waals surface area contributed by atoms with Gasteiger partial charge in [0.05, 0.1) is 0 Å². The first kappa shape index (κ1) is 21.5. The number of aliphatic imine (C=N–C) groups is 1. The Morgan fingerprint density at radius 1 is 1.40 bits per heavy atom. The Balaban J connectivity index is 2.24. The summed E-state index contributed by atoms with van der Waals surface area (Å²) in [5.41, 5.74) is 5.42. The minimum absolute atomic E-state index is 0.208. The van der Waals surface area contributed by atoms with Gasteiger partial charge in [-0.15, -0.1) is 0 Å². The quantitative estimate of drug-likeness (QED) is 0.396. The molecule has 0 saturated carbocycles. The number of hydrogen-bond donors (Lipinski definition) is 2. The van der Waals surface area contributed by atoms with Crippen LogP contribution < -0.4 is 11.1 Å². The maximum absolute atomic E-state index is 12.2. The Bertz CT molecular complexity index is 421. The van der Waals surface area contributed by atoms with E-state index in [1.54, 1.807) is 0 Å². The molecule has 7 nitrogen and oxygen atoms in total. The third kappa shape index (κ3) is 10.2. The third-order valence-electron chi connectivity index (χ3n) is 3.96. The second-order valence-corrected chi connectivity index (χ2v) is 7.47. The number of nitrogens with zero attached hydrogens (tertiary/aromatic N) is 2. The minimum atomic E-state index is -0.446. The van der Waals surface area contributed by atoms with Crippen molar-refractivity contribution >= 4 is 12.1 Å². The summed E-state index contributed by atoms with van der Waals surface area (Å²) < 4.78 is 10.7. The molecule has 1 rings (SSSR count). The van der Waals surface area contributed by atoms with Crippen molar-refractivity contribution < 1.29 is 14.3 Å². The van der Waals surface area contributed by atoms with Crippen LogP contribution in [0.4, 0.5) is 4.79 Å². The molecule has 0 aromatic carbocycles. The van der Waals surface area contributed by atoms with Gasteiger partial charge < -0.3 is 25.4 Å². The zero-order valence-electron chi connectivity index (χ0n) is 16.3. The molecule has 1 saturated heterocycles. The summed E-state index contributed by atoms with van der Waals surface area (Å²) in [5, 5.41) is 3.16. The molecule has 0 aliphatic carbocycles. The van der Waals surface area contributed by atoms with E-state index in [-0.39, 0.29) is 6.09 Å². The van der Waals surface area contributed by atoms with Crippen molar-refractivity contribution in [3.63, 3.8) is 0 Å². The smallest absolute Gasteiger partial charge is 0.410 e. The fraction of sp³-hybridized carbons (Fsp3) is 0.889. The van der Waals surface area contributed by atoms with Crippen LogP contribution in [0, 0.1) is 5.92 Å². The van der Waals surface area contributed by atoms with Gasteiger partial charge in [-0.3, -0.25) is 4.99 Å². The second kappa shape index (κ2) is 11.2. The highest BCUT2D eigenvalue weighted by atomic mass is 16.6. The van der Waals surface area contributed by atoms with Crippen LogP contribution in [-0.4, -0.2) is 61.9 Å². The molecule has 1 unspecified atom stereocenters. The van der Waals surface area contributed by atoms with E-state index in [1.807, 2.05) is 32.6 Å². The number of rotatable bonds is 8. The zero-order chi connectivity index (χ0) is 18.7. The zero-order valence-corrected chi connectivity index (χ0v) is 16.3. The Hall–Kier alpha value is -1.50. The molecule has 0 spiro atoms. The summed E-state index contributed by atoms with van der Waals surface area (Å²) in [6, 6.07) is 0. The predicted molar refractivity (Wildman–Crippen MR) is 101 cm³/mol. The summed E-state index contributed by atoms with van der Waals surface area (Å²) in [6.45, 7) is 12.1. The van der Waals surface area contributed by atoms with E-state index >= 15 is 0 Å². The van der Waals surface area contributed by atoms with Crippen molar-refractivity contribution in [1.82, 2.24) is 10.2 Å². The van der Waals surface area contributed by atoms with E-state index < -0.39 is 5.60 Å². The molecule has 0 bridgehead atoms. The van der Waals surface area contributed by atoms with Crippen LogP contribution in [-0.2, 0) is 9.47 Å². The van der Waals surface area contributed by atoms with Gasteiger partial charge >= 0.3 is 6.09 Å². The van der Waals surface area contributed by atoms with Gasteiger partial charge in [0.15, 0.2) is 5.96 Å². The van der Waals surface area contributed by atoms with Crippen LogP contribution >= 0.6 is 0 Å². The molecule has 25 heavy (non-hydrogen) atoms. The predicted octanol–water partition coefficient (Wildman–Crippen LogP) is 2.35. The normalized spacial score (nSPS) is 19.0. The van der Waals surface area contributed by atoms with Gasteiger partial charge in [-0.2, -0.15) is 0 Å². The van der Waals surface area contributed by atoms with Crippen LogP contribution in [0.2, 0.25) is 0 Å². The van der Waals surface area contributed by atoms with E-state index in [4.69, 9.17) is 15.2 Å². The van der Waals surface area contributed by atoms with Crippen molar-refractivity contribution in [2.45, 2.75) is 59.0 Å². The van der Waals surface area contributed by atoms with Gasteiger partial charge in [-0.1, -0.05) is 0 Å². The lowest BCUT2D eigenvalue weighted by Gasteiger charge is -2.34. The van der Waals surface area contributed by atoms with E-state index in [1.165, 1.54) is 0 Å². The molecule has 1 heterocycles. The van der Waals surface area contributed by atoms with Crippen LogP contribution in [0.5, 0.6) is 0 Å². The number of amides is 1. The SMILES string of the molecule is CCOCCCN=C(N)NCCC1CCCN(C(=O)OC(C)(C)C)C1. The van der Waals surface area contributed by atoms with Gasteiger partial charge in [-0.25, -0.2) is 4.79 Å². The summed E-state index contributed by atoms with van der Waals surface area (Å²) in [6.07, 6.45) is 3.79. The third-order valence-corrected chi connectivity index (χ3v) is 3.96. The number of guanidine groups is 1. The van der Waals surface area contributed by atoms with Gasteiger partial charge in [0.25, 0.3) is 0 Å². The highest BCUT2D eigenvalue weighted by Gasteiger charge is 2.27. The molecule has 3 N–H and O–H groups in total. The van der Waals surface area contributed by atoms with Crippen LogP contribution in [0.3, 0.4) is 0 Å². The monoisotopic (exact) mass is 356 g/mol. The summed E-state index contributed by atoms with van der Waals surface area (Å²) in [7, 11) is 0. The fourth-order valence-electron chi connectivity index (χ4n) is 2.76. The lowest BCUT2D eigenvalue weighted by molar-refractivity contribution is 0.0162. The van der Waals surface area contributed by atoms with E-state index in [0.29, 0.717) is 18.4 Å². The van der Waals surface area contributed by atoms with E-state index in [0.717, 1.165) is 58.5 Å². The maximum atomic E-state index is 12.2. The van der Waals surface area contributed by atoms with E-state index in [9.17, 15) is 4.79 Å². The summed E-state index contributed by atoms with van der Waals surface area (Å²) in [5.74, 6) is 0.954. The highest BCUT2D eigenvalue weighted by molar-refractivity contribution is 5.77. The largest absolute Gasteiger partial charge is 0.444 e. The van der Waals surface area contributed by atoms with Crippen molar-refractivity contribution in [2.24, 2.45) is 16.6 Å². The molecule has 1 atom stereocenters. The topological polar surface area (TPSA) is 89.2 Å². The molecule has 1 fully saturated rings. The minimum Gasteiger partial charge on any atom is -0.444 e. The molecule has 0 aromatic rings. The molecule has 0 aromatic heterocycles. The first-order valence-electron chi connectivity index (χ1n) is 9.41. The first-order valence-corrected chi connectivity index (χ1v) is 9.41. The molecule has 146 valence electrons. The van der Waals surface area contributed by atoms with Gasteiger partial charge in [-0.05, 0) is 59.3 Å². The fourth-order valence-corrected chi connectivity index (χ4v) is 2.76. The average molecular weight is 357 g/mol. The molecule has 0 radical (unpaired) electrons. The molecular formula is C18H36N4O3. The Morgan fingerprint density at radius 3 is 2.84 bits per heavy atom. The maximum Gasteiger partial charge on any atom is 0.410 e. The van der Waals surface area contributed by atoms with Gasteiger partial charge in [0.1, 0.15) is 5.60 Å². The standard InChI is InChI=1S/C18H36N4O3/c1-5-24-13-7-10-20-16(19)21-11-9-15-8-6-12-22(14-15)17(23)25-18(2,3)4/h15H,5-14H2,1-4H3,(H3,19,20,21). The Kier molecular flexibility index (Phi) is 9.63. The van der Waals surface area contributed by atoms with Gasteiger partial charge in [0, 0.05) is 39.4 Å². The number of hydrogen-bond acceptors (Lipinski definition) is 4. The number of piperidine rings is 1. The first-order chi connectivity index (χ1) is 11.8. The second-order valence-electron chi connectivity index (χ2n) is 7.47. The lowest BCUT2D eigenvalue weighted by atomic mass is 9.95. The summed E-state index contributed by atoms with van der Waals surface area (Å²) >= 11 is 0. The van der Waals surface area contributed by atoms with Crippen molar-refractivity contribution in [3.8, 4) is 0 Å². The number of ether oxygens (including phenoxy) is 2. The number of carbonyl (C=O) groups is 1. The number of carbonyl (C=O) groups excluding carboxylic acids is 1. The van der Waals surface area contributed by atoms with Crippen LogP contribution in [0.15, 0.2) is 4.99 Å². The molecular weight excluding hydrogens is 320 g/mol. The van der Waals surface area contributed by atoms with Crippen LogP contribution in [0.25, 0.3) is 0 Å². The Morgan fingerprint density at radius 2 is 2.16 bits per heavy atom. The van der Waals surface area contributed by atoms with E-state index in [2.05, 4.69) is 10.3 Å². The molecule has 1 aliphatic rings. The molecule has 1 aliphatic heterocycles. The average Bonchev–Trinajstić information content (AvgIpc) is 2.53. The molecule has 1 amide bonds. The Labute approximate surface area is 152 Å². The summed E-state index contributed by atoms with van der Waals surface area (Å²) in [4.78, 5) is 18.3. The highest BCUT2D eigenvalue weighted by Crippen LogP contribution is 2.21. The number of nitrogens with two attached hydrogens (primary N) is 1. The van der Waals surface area contributed by atoms with Crippen molar-refractivity contribution in [1.29, 1.82) is 0 Å². The number of likely N-dealkylation sites (tertiary alicyclic amines) is 1. The number of nitrogens with one attached hydrogen (secondary N) is 1. The van der Waals surface area contributed by atoms with Crippen molar-refractivity contribution in [2.75, 3.05) is 39.4 Å². The molecule has 7 heteroatoms. The van der Waals surface area contributed by atoms with Crippen LogP contribution in [0.1, 0.15) is 53.4 Å².